The third-order valence-corrected chi connectivity index (χ3v) is 15.6. The summed E-state index contributed by atoms with van der Waals surface area (Å²) in [5, 5.41) is 82.2. The lowest BCUT2D eigenvalue weighted by atomic mass is 9.32. The molecule has 0 aromatic rings. The van der Waals surface area contributed by atoms with E-state index in [1.165, 1.54) is 31.3 Å². The van der Waals surface area contributed by atoms with Crippen LogP contribution in [0.15, 0.2) is 12.2 Å². The highest BCUT2D eigenvalue weighted by Crippen LogP contribution is 2.77. The molecule has 15 nitrogen and oxygen atoms in total. The fourth-order valence-electron chi connectivity index (χ4n) is 13.0. The standard InChI is InChI=1S/C36H60O7.4C2H4O2/c1-20(2)21-10-15-36(19-42-30-29(40)28(39)23(18-37)43-31(30)41)17-16-34(6)22(27(21)36)8-9-25-33(5)13-12-26(38)32(3,4)24(33)11-14-35(25,34)7;4*1-2(3)4/h21-31,37-41H,1,8-19H2,2-7H3;4*1H3,(H,3,4)/t21-,22+,23+,24-,25+,26?,27+,28-,29-,30+,31+,33-,34+,35+,36+;;;;/m0..../s1. The summed E-state index contributed by atoms with van der Waals surface area (Å²) >= 11 is 0. The highest BCUT2D eigenvalue weighted by molar-refractivity contribution is 5.63. The maximum Gasteiger partial charge on any atom is 0.300 e. The predicted octanol–water partition coefficient (Wildman–Crippen LogP) is 5.19. The van der Waals surface area contributed by atoms with Crippen molar-refractivity contribution in [3.63, 3.8) is 0 Å². The summed E-state index contributed by atoms with van der Waals surface area (Å²) in [6.07, 6.45) is 4.83. The number of rotatable bonds is 5. The molecule has 6 fully saturated rings. The molecule has 0 aromatic heterocycles. The highest BCUT2D eigenvalue weighted by atomic mass is 16.7. The van der Waals surface area contributed by atoms with E-state index in [0.717, 1.165) is 66.2 Å². The van der Waals surface area contributed by atoms with Gasteiger partial charge in [-0.25, -0.2) is 0 Å². The Balaban J connectivity index is 0.000000644. The van der Waals surface area contributed by atoms with Crippen molar-refractivity contribution >= 4 is 23.9 Å². The summed E-state index contributed by atoms with van der Waals surface area (Å²) in [4.78, 5) is 36.0. The molecule has 0 aromatic carbocycles. The van der Waals surface area contributed by atoms with Gasteiger partial charge in [-0.1, -0.05) is 46.8 Å². The van der Waals surface area contributed by atoms with Gasteiger partial charge in [-0.15, -0.1) is 0 Å². The lowest BCUT2D eigenvalue weighted by molar-refractivity contribution is -0.304. The van der Waals surface area contributed by atoms with E-state index in [4.69, 9.17) is 49.1 Å². The van der Waals surface area contributed by atoms with Gasteiger partial charge in [0.2, 0.25) is 0 Å². The highest BCUT2D eigenvalue weighted by Gasteiger charge is 2.71. The van der Waals surface area contributed by atoms with E-state index < -0.39 is 61.2 Å². The first-order valence-corrected chi connectivity index (χ1v) is 21.0. The molecule has 59 heavy (non-hydrogen) atoms. The third-order valence-electron chi connectivity index (χ3n) is 15.6. The second-order valence-electron chi connectivity index (χ2n) is 19.5. The number of carbonyl (C=O) groups is 4. The molecule has 1 saturated heterocycles. The Morgan fingerprint density at radius 2 is 1.19 bits per heavy atom. The summed E-state index contributed by atoms with van der Waals surface area (Å²) in [5.41, 5.74) is 1.78. The van der Waals surface area contributed by atoms with Crippen LogP contribution in [0, 0.1) is 56.7 Å². The maximum absolute atomic E-state index is 11.0. The molecule has 0 bridgehead atoms. The number of fused-ring (bicyclic) bond motifs is 7. The number of allylic oxidation sites excluding steroid dienone is 1. The van der Waals surface area contributed by atoms with Crippen LogP contribution in [0.4, 0.5) is 0 Å². The van der Waals surface area contributed by atoms with E-state index in [1.54, 1.807) is 0 Å². The lowest BCUT2D eigenvalue weighted by Crippen LogP contribution is -2.67. The Labute approximate surface area is 350 Å². The first-order chi connectivity index (χ1) is 27.0. The zero-order chi connectivity index (χ0) is 45.6. The average Bonchev–Trinajstić information content (AvgIpc) is 3.48. The fraction of sp³-hybridized carbons (Fsp3) is 0.864. The van der Waals surface area contributed by atoms with Crippen LogP contribution in [0.5, 0.6) is 0 Å². The van der Waals surface area contributed by atoms with E-state index in [9.17, 15) is 25.5 Å². The van der Waals surface area contributed by atoms with E-state index in [0.29, 0.717) is 36.2 Å². The second kappa shape index (κ2) is 20.5. The Kier molecular flexibility index (Phi) is 18.2. The zero-order valence-corrected chi connectivity index (χ0v) is 37.0. The first kappa shape index (κ1) is 52.5. The summed E-state index contributed by atoms with van der Waals surface area (Å²) in [5.74, 6) is -0.759. The molecular formula is C44H76O15. The van der Waals surface area contributed by atoms with Crippen LogP contribution >= 0.6 is 0 Å². The van der Waals surface area contributed by atoms with Crippen LogP contribution in [0.2, 0.25) is 0 Å². The van der Waals surface area contributed by atoms with Gasteiger partial charge in [0.1, 0.15) is 24.4 Å². The predicted molar refractivity (Wildman–Crippen MR) is 218 cm³/mol. The molecule has 0 radical (unpaired) electrons. The topological polar surface area (TPSA) is 269 Å². The van der Waals surface area contributed by atoms with Crippen LogP contribution in [-0.2, 0) is 28.7 Å². The number of hydrogen-bond acceptors (Lipinski definition) is 11. The van der Waals surface area contributed by atoms with Gasteiger partial charge in [0.25, 0.3) is 23.9 Å². The van der Waals surface area contributed by atoms with E-state index >= 15 is 0 Å². The summed E-state index contributed by atoms with van der Waals surface area (Å²) in [6.45, 7) is 23.4. The number of carboxylic acid groups (broad SMARTS) is 4. The zero-order valence-electron chi connectivity index (χ0n) is 37.0. The molecule has 15 heteroatoms. The van der Waals surface area contributed by atoms with Gasteiger partial charge < -0.3 is 55.4 Å². The van der Waals surface area contributed by atoms with Crippen molar-refractivity contribution in [1.29, 1.82) is 0 Å². The molecule has 342 valence electrons. The average molecular weight is 845 g/mol. The monoisotopic (exact) mass is 845 g/mol. The second-order valence-corrected chi connectivity index (χ2v) is 19.5. The molecule has 15 atom stereocenters. The van der Waals surface area contributed by atoms with Crippen molar-refractivity contribution < 1.29 is 74.6 Å². The molecule has 6 rings (SSSR count). The van der Waals surface area contributed by atoms with Crippen LogP contribution in [0.3, 0.4) is 0 Å². The molecule has 0 amide bonds. The van der Waals surface area contributed by atoms with Crippen molar-refractivity contribution in [3.8, 4) is 0 Å². The molecular weight excluding hydrogens is 768 g/mol. The molecule has 9 N–H and O–H groups in total. The minimum Gasteiger partial charge on any atom is -0.481 e. The molecule has 6 aliphatic rings. The van der Waals surface area contributed by atoms with E-state index in [-0.39, 0.29) is 33.2 Å². The lowest BCUT2D eigenvalue weighted by Gasteiger charge is -2.73. The smallest absolute Gasteiger partial charge is 0.300 e. The van der Waals surface area contributed by atoms with E-state index in [2.05, 4.69) is 48.1 Å². The van der Waals surface area contributed by atoms with Crippen molar-refractivity contribution in [2.75, 3.05) is 13.2 Å². The van der Waals surface area contributed by atoms with Crippen LogP contribution < -0.4 is 0 Å². The van der Waals surface area contributed by atoms with Crippen LogP contribution in [0.25, 0.3) is 0 Å². The summed E-state index contributed by atoms with van der Waals surface area (Å²) in [6, 6.07) is 0. The third kappa shape index (κ3) is 11.2. The SMILES string of the molecule is C=C(C)[C@@H]1CC[C@]2(CO[C@@H]3[C@@H](O)[C@@H](O)[C@@H](CO)O[C@H]3O)CC[C@]3(C)[C@H](CC[C@@H]4[C@@]5(C)CCC(O)C(C)(C)[C@@H]5CC[C@]43C)[C@@H]12.CC(=O)O.CC(=O)O.CC(=O)O.CC(=O)O. The van der Waals surface area contributed by atoms with Crippen molar-refractivity contribution in [2.24, 2.45) is 56.7 Å². The number of aliphatic carboxylic acids is 4. The molecule has 5 saturated carbocycles. The fourth-order valence-corrected chi connectivity index (χ4v) is 13.0. The number of aliphatic hydroxyl groups is 5. The molecule has 0 spiro atoms. The normalized spacial score (nSPS) is 42.5. The number of hydrogen-bond donors (Lipinski definition) is 9. The van der Waals surface area contributed by atoms with E-state index in [1.807, 2.05) is 0 Å². The molecule has 1 unspecified atom stereocenters. The Hall–Kier alpha value is -2.66. The summed E-state index contributed by atoms with van der Waals surface area (Å²) < 4.78 is 11.8. The number of carboxylic acids is 4. The Morgan fingerprint density at radius 1 is 0.661 bits per heavy atom. The minimum atomic E-state index is -1.40. The molecule has 1 heterocycles. The van der Waals surface area contributed by atoms with Gasteiger partial charge in [-0.2, -0.15) is 0 Å². The molecule has 1 aliphatic heterocycles. The Morgan fingerprint density at radius 3 is 1.68 bits per heavy atom. The van der Waals surface area contributed by atoms with Gasteiger partial charge in [-0.3, -0.25) is 19.2 Å². The largest absolute Gasteiger partial charge is 0.481 e. The van der Waals surface area contributed by atoms with Gasteiger partial charge >= 0.3 is 0 Å². The maximum atomic E-state index is 11.0. The van der Waals surface area contributed by atoms with Gasteiger partial charge in [0.15, 0.2) is 6.29 Å². The molecule has 5 aliphatic carbocycles. The minimum absolute atomic E-state index is 0.0512. The number of ether oxygens (including phenoxy) is 2. The number of aliphatic hydroxyl groups excluding tert-OH is 5. The summed E-state index contributed by atoms with van der Waals surface area (Å²) in [7, 11) is 0. The van der Waals surface area contributed by atoms with Gasteiger partial charge in [0.05, 0.1) is 19.3 Å². The van der Waals surface area contributed by atoms with Crippen molar-refractivity contribution in [3.05, 3.63) is 12.2 Å². The van der Waals surface area contributed by atoms with Gasteiger partial charge in [-0.05, 0) is 128 Å². The van der Waals surface area contributed by atoms with Crippen LogP contribution in [-0.4, -0.2) is 120 Å². The van der Waals surface area contributed by atoms with Crippen molar-refractivity contribution in [1.82, 2.24) is 0 Å². The quantitative estimate of drug-likeness (QED) is 0.161. The van der Waals surface area contributed by atoms with Crippen LogP contribution in [0.1, 0.15) is 133 Å². The van der Waals surface area contributed by atoms with Gasteiger partial charge in [0, 0.05) is 27.7 Å². The Bertz CT molecular complexity index is 1400. The van der Waals surface area contributed by atoms with Crippen molar-refractivity contribution in [2.45, 2.75) is 170 Å². The first-order valence-electron chi connectivity index (χ1n) is 21.0.